The molecule has 25 heavy (non-hydrogen) atoms. The highest BCUT2D eigenvalue weighted by Crippen LogP contribution is 2.31. The number of thioether (sulfide) groups is 1. The molecule has 2 aromatic carbocycles. The number of hydrogen-bond acceptors (Lipinski definition) is 4. The molecule has 0 saturated carbocycles. The van der Waals surface area contributed by atoms with Gasteiger partial charge in [-0.15, -0.1) is 0 Å². The Hall–Kier alpha value is -2.22. The van der Waals surface area contributed by atoms with Crippen LogP contribution in [0.15, 0.2) is 53.4 Å². The van der Waals surface area contributed by atoms with Crippen molar-refractivity contribution in [2.45, 2.75) is 0 Å². The minimum atomic E-state index is -0.509. The van der Waals surface area contributed by atoms with Crippen LogP contribution in [0.1, 0.15) is 15.9 Å². The Labute approximate surface area is 157 Å². The van der Waals surface area contributed by atoms with Crippen molar-refractivity contribution in [1.29, 1.82) is 0 Å². The van der Waals surface area contributed by atoms with Crippen LogP contribution in [-0.2, 0) is 4.79 Å². The molecule has 1 fully saturated rings. The van der Waals surface area contributed by atoms with E-state index in [2.05, 4.69) is 5.43 Å². The van der Waals surface area contributed by atoms with E-state index in [0.717, 1.165) is 16.8 Å². The molecule has 1 saturated heterocycles. The SMILES string of the molecule is O=C(NN1C(=O)/C(=C\c2cccc(F)c2)SC1=S)c1cccc(Cl)c1. The molecule has 1 aliphatic rings. The summed E-state index contributed by atoms with van der Waals surface area (Å²) in [5.41, 5.74) is 3.29. The molecular formula is C17H10ClFN2O2S2. The van der Waals surface area contributed by atoms with E-state index in [1.165, 1.54) is 24.3 Å². The van der Waals surface area contributed by atoms with E-state index >= 15 is 0 Å². The number of thiocarbonyl (C=S) groups is 1. The molecule has 1 N–H and O–H groups in total. The monoisotopic (exact) mass is 392 g/mol. The predicted octanol–water partition coefficient (Wildman–Crippen LogP) is 4.03. The lowest BCUT2D eigenvalue weighted by Gasteiger charge is -2.15. The van der Waals surface area contributed by atoms with E-state index in [0.29, 0.717) is 21.1 Å². The van der Waals surface area contributed by atoms with Gasteiger partial charge in [0, 0.05) is 10.6 Å². The average molecular weight is 393 g/mol. The fraction of sp³-hybridized carbons (Fsp3) is 0. The molecule has 2 aromatic rings. The van der Waals surface area contributed by atoms with Crippen molar-refractivity contribution in [2.24, 2.45) is 0 Å². The summed E-state index contributed by atoms with van der Waals surface area (Å²) in [4.78, 5) is 25.0. The van der Waals surface area contributed by atoms with Crippen LogP contribution in [0.4, 0.5) is 4.39 Å². The zero-order valence-corrected chi connectivity index (χ0v) is 14.9. The van der Waals surface area contributed by atoms with Crippen LogP contribution in [0.5, 0.6) is 0 Å². The van der Waals surface area contributed by atoms with E-state index in [-0.39, 0.29) is 4.32 Å². The summed E-state index contributed by atoms with van der Waals surface area (Å²) in [6.45, 7) is 0. The quantitative estimate of drug-likeness (QED) is 0.633. The van der Waals surface area contributed by atoms with Gasteiger partial charge in [0.15, 0.2) is 4.32 Å². The first-order valence-electron chi connectivity index (χ1n) is 7.04. The first-order valence-corrected chi connectivity index (χ1v) is 8.64. The smallest absolute Gasteiger partial charge is 0.267 e. The molecule has 1 heterocycles. The minimum Gasteiger partial charge on any atom is -0.267 e. The summed E-state index contributed by atoms with van der Waals surface area (Å²) in [6, 6.07) is 12.2. The van der Waals surface area contributed by atoms with Crippen molar-refractivity contribution in [3.05, 3.63) is 75.4 Å². The number of benzene rings is 2. The van der Waals surface area contributed by atoms with E-state index < -0.39 is 17.6 Å². The standard InChI is InChI=1S/C17H10ClFN2O2S2/c18-12-5-2-4-11(9-12)15(22)20-21-16(23)14(25-17(21)24)8-10-3-1-6-13(19)7-10/h1-9H,(H,20,22)/b14-8+. The van der Waals surface area contributed by atoms with Crippen LogP contribution >= 0.6 is 35.6 Å². The maximum atomic E-state index is 13.3. The summed E-state index contributed by atoms with van der Waals surface area (Å²) in [7, 11) is 0. The molecule has 0 spiro atoms. The molecule has 0 atom stereocenters. The lowest BCUT2D eigenvalue weighted by Crippen LogP contribution is -2.44. The lowest BCUT2D eigenvalue weighted by atomic mass is 10.2. The zero-order valence-electron chi connectivity index (χ0n) is 12.5. The number of halogens is 2. The number of nitrogens with one attached hydrogen (secondary N) is 1. The van der Waals surface area contributed by atoms with Crippen LogP contribution in [0.2, 0.25) is 5.02 Å². The number of carbonyl (C=O) groups excluding carboxylic acids is 2. The molecule has 0 aromatic heterocycles. The second-order valence-corrected chi connectivity index (χ2v) is 7.14. The average Bonchev–Trinajstić information content (AvgIpc) is 2.82. The summed E-state index contributed by atoms with van der Waals surface area (Å²) in [6.07, 6.45) is 1.52. The normalized spacial score (nSPS) is 15.8. The van der Waals surface area contributed by atoms with Crippen LogP contribution in [0, 0.1) is 5.82 Å². The van der Waals surface area contributed by atoms with E-state index in [4.69, 9.17) is 23.8 Å². The van der Waals surface area contributed by atoms with Gasteiger partial charge in [-0.2, -0.15) is 5.01 Å². The van der Waals surface area contributed by atoms with E-state index in [1.54, 1.807) is 30.3 Å². The van der Waals surface area contributed by atoms with Gasteiger partial charge in [0.1, 0.15) is 5.82 Å². The highest BCUT2D eigenvalue weighted by Gasteiger charge is 2.33. The second-order valence-electron chi connectivity index (χ2n) is 5.02. The van der Waals surface area contributed by atoms with Gasteiger partial charge in [0.05, 0.1) is 4.91 Å². The number of carbonyl (C=O) groups is 2. The number of hydrogen-bond donors (Lipinski definition) is 1. The van der Waals surface area contributed by atoms with Crippen molar-refractivity contribution >= 4 is 57.8 Å². The zero-order chi connectivity index (χ0) is 18.0. The molecule has 4 nitrogen and oxygen atoms in total. The Morgan fingerprint density at radius 2 is 2.00 bits per heavy atom. The maximum Gasteiger partial charge on any atom is 0.285 e. The van der Waals surface area contributed by atoms with Gasteiger partial charge in [-0.05, 0) is 54.2 Å². The summed E-state index contributed by atoms with van der Waals surface area (Å²) >= 11 is 12.0. The molecule has 0 unspecified atom stereocenters. The van der Waals surface area contributed by atoms with Gasteiger partial charge < -0.3 is 0 Å². The lowest BCUT2D eigenvalue weighted by molar-refractivity contribution is -0.123. The van der Waals surface area contributed by atoms with Gasteiger partial charge in [-0.3, -0.25) is 15.0 Å². The fourth-order valence-corrected chi connectivity index (χ4v) is 3.48. The summed E-state index contributed by atoms with van der Waals surface area (Å²) in [5.74, 6) is -1.39. The third-order valence-corrected chi connectivity index (χ3v) is 4.78. The molecule has 1 aliphatic heterocycles. The molecule has 8 heteroatoms. The van der Waals surface area contributed by atoms with Crippen molar-refractivity contribution < 1.29 is 14.0 Å². The summed E-state index contributed by atoms with van der Waals surface area (Å²) < 4.78 is 13.4. The fourth-order valence-electron chi connectivity index (χ4n) is 2.11. The molecule has 0 aliphatic carbocycles. The highest BCUT2D eigenvalue weighted by atomic mass is 35.5. The van der Waals surface area contributed by atoms with E-state index in [9.17, 15) is 14.0 Å². The first-order chi connectivity index (χ1) is 11.9. The van der Waals surface area contributed by atoms with Gasteiger partial charge in [0.2, 0.25) is 0 Å². The third kappa shape index (κ3) is 4.07. The number of amides is 2. The van der Waals surface area contributed by atoms with Crippen molar-refractivity contribution in [3.63, 3.8) is 0 Å². The van der Waals surface area contributed by atoms with Crippen molar-refractivity contribution in [1.82, 2.24) is 10.4 Å². The van der Waals surface area contributed by atoms with Crippen molar-refractivity contribution in [3.8, 4) is 0 Å². The Morgan fingerprint density at radius 1 is 1.24 bits per heavy atom. The largest absolute Gasteiger partial charge is 0.285 e. The molecule has 126 valence electrons. The number of hydrazine groups is 1. The molecule has 3 rings (SSSR count). The molecule has 0 radical (unpaired) electrons. The molecule has 0 bridgehead atoms. The van der Waals surface area contributed by atoms with Crippen LogP contribution in [0.3, 0.4) is 0 Å². The molecular weight excluding hydrogens is 383 g/mol. The van der Waals surface area contributed by atoms with Crippen molar-refractivity contribution in [2.75, 3.05) is 0 Å². The first kappa shape index (κ1) is 17.6. The van der Waals surface area contributed by atoms with E-state index in [1.807, 2.05) is 0 Å². The minimum absolute atomic E-state index is 0.183. The number of rotatable bonds is 3. The summed E-state index contributed by atoms with van der Waals surface area (Å²) in [5, 5.41) is 1.40. The second kappa shape index (κ2) is 7.35. The Balaban J connectivity index is 1.78. The van der Waals surface area contributed by atoms with Crippen LogP contribution in [0.25, 0.3) is 6.08 Å². The Bertz CT molecular complexity index is 917. The Morgan fingerprint density at radius 3 is 2.72 bits per heavy atom. The number of nitrogens with zero attached hydrogens (tertiary/aromatic N) is 1. The third-order valence-electron chi connectivity index (χ3n) is 3.24. The topological polar surface area (TPSA) is 49.4 Å². The van der Waals surface area contributed by atoms with Gasteiger partial charge >= 0.3 is 0 Å². The maximum absolute atomic E-state index is 13.3. The molecule has 2 amide bonds. The predicted molar refractivity (Wildman–Crippen MR) is 100 cm³/mol. The van der Waals surface area contributed by atoms with Gasteiger partial charge in [-0.1, -0.05) is 41.6 Å². The van der Waals surface area contributed by atoms with Gasteiger partial charge in [0.25, 0.3) is 11.8 Å². The van der Waals surface area contributed by atoms with Crippen LogP contribution in [-0.4, -0.2) is 21.1 Å². The van der Waals surface area contributed by atoms with Gasteiger partial charge in [-0.25, -0.2) is 4.39 Å². The highest BCUT2D eigenvalue weighted by molar-refractivity contribution is 8.26. The van der Waals surface area contributed by atoms with Crippen LogP contribution < -0.4 is 5.43 Å². The Kier molecular flexibility index (Phi) is 5.17.